The molecule has 0 aromatic heterocycles. The molecule has 0 fully saturated rings. The molecule has 4 heteroatoms. The Morgan fingerprint density at radius 3 is 2.58 bits per heavy atom. The van der Waals surface area contributed by atoms with Gasteiger partial charge < -0.3 is 18.9 Å². The van der Waals surface area contributed by atoms with Gasteiger partial charge in [-0.1, -0.05) is 30.3 Å². The molecule has 2 aliphatic rings. The third-order valence-electron chi connectivity index (χ3n) is 4.41. The summed E-state index contributed by atoms with van der Waals surface area (Å²) in [4.78, 5) is 0. The summed E-state index contributed by atoms with van der Waals surface area (Å²) in [5.74, 6) is 1.63. The summed E-state index contributed by atoms with van der Waals surface area (Å²) < 4.78 is 23.3. The smallest absolute Gasteiger partial charge is 0.231 e. The van der Waals surface area contributed by atoms with E-state index in [9.17, 15) is 0 Å². The van der Waals surface area contributed by atoms with Crippen molar-refractivity contribution in [1.29, 1.82) is 0 Å². The van der Waals surface area contributed by atoms with Gasteiger partial charge in [-0.3, -0.25) is 0 Å². The Bertz CT molecular complexity index is 711. The highest BCUT2D eigenvalue weighted by Gasteiger charge is 2.31. The summed E-state index contributed by atoms with van der Waals surface area (Å²) in [5.41, 5.74) is 3.55. The van der Waals surface area contributed by atoms with Crippen LogP contribution < -0.4 is 9.47 Å². The second-order valence-electron chi connectivity index (χ2n) is 6.54. The first-order chi connectivity index (χ1) is 11.7. The zero-order valence-electron chi connectivity index (χ0n) is 14.0. The van der Waals surface area contributed by atoms with E-state index in [1.807, 2.05) is 32.0 Å². The van der Waals surface area contributed by atoms with E-state index in [4.69, 9.17) is 18.9 Å². The molecule has 0 saturated heterocycles. The fraction of sp³-hybridized carbons (Fsp3) is 0.400. The molecule has 2 heterocycles. The molecule has 0 radical (unpaired) electrons. The Morgan fingerprint density at radius 1 is 1.08 bits per heavy atom. The molecule has 126 valence electrons. The minimum Gasteiger partial charge on any atom is -0.454 e. The van der Waals surface area contributed by atoms with Gasteiger partial charge in [0.1, 0.15) is 6.10 Å². The first-order valence-electron chi connectivity index (χ1n) is 8.45. The van der Waals surface area contributed by atoms with Crippen molar-refractivity contribution in [2.45, 2.75) is 38.6 Å². The van der Waals surface area contributed by atoms with E-state index in [-0.39, 0.29) is 25.1 Å². The van der Waals surface area contributed by atoms with E-state index in [0.717, 1.165) is 29.0 Å². The number of benzene rings is 2. The minimum absolute atomic E-state index is 0.0328. The second kappa shape index (κ2) is 6.46. The van der Waals surface area contributed by atoms with Crippen LogP contribution in [-0.2, 0) is 15.9 Å². The lowest BCUT2D eigenvalue weighted by Gasteiger charge is -2.33. The molecule has 0 saturated carbocycles. The molecule has 2 aromatic carbocycles. The van der Waals surface area contributed by atoms with Crippen LogP contribution in [0, 0.1) is 0 Å². The number of hydrogen-bond donors (Lipinski definition) is 0. The number of ether oxygens (including phenoxy) is 4. The van der Waals surface area contributed by atoms with E-state index in [1.165, 1.54) is 5.56 Å². The lowest BCUT2D eigenvalue weighted by Crippen LogP contribution is -2.31. The van der Waals surface area contributed by atoms with Gasteiger partial charge in [-0.25, -0.2) is 0 Å². The highest BCUT2D eigenvalue weighted by molar-refractivity contribution is 5.52. The van der Waals surface area contributed by atoms with Gasteiger partial charge in [0.15, 0.2) is 11.5 Å². The van der Waals surface area contributed by atoms with E-state index >= 15 is 0 Å². The number of fused-ring (bicyclic) bond motifs is 2. The Balaban J connectivity index is 1.70. The summed E-state index contributed by atoms with van der Waals surface area (Å²) in [6.45, 7) is 4.97. The van der Waals surface area contributed by atoms with Crippen LogP contribution >= 0.6 is 0 Å². The topological polar surface area (TPSA) is 36.9 Å². The van der Waals surface area contributed by atoms with Gasteiger partial charge in [0, 0.05) is 6.42 Å². The van der Waals surface area contributed by atoms with Crippen LogP contribution in [0.3, 0.4) is 0 Å². The van der Waals surface area contributed by atoms with Crippen molar-refractivity contribution < 1.29 is 18.9 Å². The normalized spacial score (nSPS) is 21.8. The summed E-state index contributed by atoms with van der Waals surface area (Å²) in [5, 5.41) is 0. The maximum Gasteiger partial charge on any atom is 0.231 e. The third kappa shape index (κ3) is 2.99. The molecule has 0 unspecified atom stereocenters. The summed E-state index contributed by atoms with van der Waals surface area (Å²) in [7, 11) is 0. The van der Waals surface area contributed by atoms with Crippen LogP contribution in [0.2, 0.25) is 0 Å². The third-order valence-corrected chi connectivity index (χ3v) is 4.41. The molecule has 24 heavy (non-hydrogen) atoms. The van der Waals surface area contributed by atoms with E-state index in [2.05, 4.69) is 24.3 Å². The molecule has 0 aliphatic carbocycles. The van der Waals surface area contributed by atoms with Crippen LogP contribution in [-0.4, -0.2) is 25.6 Å². The fourth-order valence-electron chi connectivity index (χ4n) is 3.26. The van der Waals surface area contributed by atoms with Crippen LogP contribution in [0.15, 0.2) is 42.5 Å². The second-order valence-corrected chi connectivity index (χ2v) is 6.54. The molecule has 0 spiro atoms. The Hall–Kier alpha value is -2.04. The lowest BCUT2D eigenvalue weighted by molar-refractivity contribution is -0.0658. The zero-order chi connectivity index (χ0) is 16.5. The van der Waals surface area contributed by atoms with Crippen molar-refractivity contribution in [2.75, 3.05) is 13.4 Å². The molecule has 4 rings (SSSR count). The molecule has 0 N–H and O–H groups in total. The quantitative estimate of drug-likeness (QED) is 0.855. The Labute approximate surface area is 142 Å². The van der Waals surface area contributed by atoms with E-state index in [0.29, 0.717) is 6.61 Å². The number of hydrogen-bond acceptors (Lipinski definition) is 4. The highest BCUT2D eigenvalue weighted by Crippen LogP contribution is 2.42. The highest BCUT2D eigenvalue weighted by atomic mass is 16.7. The van der Waals surface area contributed by atoms with Gasteiger partial charge in [0.25, 0.3) is 0 Å². The van der Waals surface area contributed by atoms with E-state index < -0.39 is 0 Å². The molecule has 0 bridgehead atoms. The SMILES string of the molecule is CC(C)OC[C@@H]1Cc2cc3c(cc2[C@H](c2ccccc2)O1)OCO3. The van der Waals surface area contributed by atoms with E-state index in [1.54, 1.807) is 0 Å². The molecule has 2 aliphatic heterocycles. The Kier molecular flexibility index (Phi) is 4.17. The van der Waals surface area contributed by atoms with Crippen molar-refractivity contribution in [3.05, 3.63) is 59.2 Å². The maximum absolute atomic E-state index is 6.39. The molecular weight excluding hydrogens is 304 g/mol. The van der Waals surface area contributed by atoms with Crippen LogP contribution in [0.1, 0.15) is 36.6 Å². The van der Waals surface area contributed by atoms with Gasteiger partial charge in [-0.05, 0) is 42.7 Å². The average molecular weight is 326 g/mol. The minimum atomic E-state index is -0.106. The summed E-state index contributed by atoms with van der Waals surface area (Å²) in [6, 6.07) is 14.5. The lowest BCUT2D eigenvalue weighted by atomic mass is 9.90. The first-order valence-corrected chi connectivity index (χ1v) is 8.45. The molecule has 0 amide bonds. The van der Waals surface area contributed by atoms with Crippen molar-refractivity contribution in [2.24, 2.45) is 0 Å². The molecule has 2 atom stereocenters. The van der Waals surface area contributed by atoms with Crippen LogP contribution in [0.25, 0.3) is 0 Å². The van der Waals surface area contributed by atoms with Gasteiger partial charge in [-0.15, -0.1) is 0 Å². The molecular formula is C20H22O4. The number of rotatable bonds is 4. The van der Waals surface area contributed by atoms with Crippen LogP contribution in [0.5, 0.6) is 11.5 Å². The Morgan fingerprint density at radius 2 is 1.83 bits per heavy atom. The van der Waals surface area contributed by atoms with Crippen molar-refractivity contribution >= 4 is 0 Å². The van der Waals surface area contributed by atoms with Crippen molar-refractivity contribution in [1.82, 2.24) is 0 Å². The van der Waals surface area contributed by atoms with Gasteiger partial charge >= 0.3 is 0 Å². The maximum atomic E-state index is 6.39. The summed E-state index contributed by atoms with van der Waals surface area (Å²) >= 11 is 0. The fourth-order valence-corrected chi connectivity index (χ4v) is 3.26. The first kappa shape index (κ1) is 15.5. The predicted molar refractivity (Wildman–Crippen MR) is 90.5 cm³/mol. The largest absolute Gasteiger partial charge is 0.454 e. The molecule has 2 aromatic rings. The van der Waals surface area contributed by atoms with Crippen LogP contribution in [0.4, 0.5) is 0 Å². The van der Waals surface area contributed by atoms with Gasteiger partial charge in [-0.2, -0.15) is 0 Å². The average Bonchev–Trinajstić information content (AvgIpc) is 3.05. The van der Waals surface area contributed by atoms with Gasteiger partial charge in [0.05, 0.1) is 18.8 Å². The van der Waals surface area contributed by atoms with Crippen molar-refractivity contribution in [3.8, 4) is 11.5 Å². The standard InChI is InChI=1S/C20H22O4/c1-13(2)21-11-16-8-15-9-18-19(23-12-22-18)10-17(15)20(24-16)14-6-4-3-5-7-14/h3-7,9-10,13,16,20H,8,11-12H2,1-2H3/t16-,20-/m0/s1. The predicted octanol–water partition coefficient (Wildman–Crippen LogP) is 3.87. The summed E-state index contributed by atoms with van der Waals surface area (Å²) in [6.07, 6.45) is 0.944. The van der Waals surface area contributed by atoms with Gasteiger partial charge in [0.2, 0.25) is 6.79 Å². The zero-order valence-corrected chi connectivity index (χ0v) is 14.0. The monoisotopic (exact) mass is 326 g/mol. The van der Waals surface area contributed by atoms with Crippen molar-refractivity contribution in [3.63, 3.8) is 0 Å². The molecule has 4 nitrogen and oxygen atoms in total.